The minimum absolute atomic E-state index is 0.0357. The summed E-state index contributed by atoms with van der Waals surface area (Å²) in [6.45, 7) is 3.85. The van der Waals surface area contributed by atoms with E-state index in [-0.39, 0.29) is 17.9 Å². The monoisotopic (exact) mass is 263 g/mol. The van der Waals surface area contributed by atoms with Crippen molar-refractivity contribution in [2.45, 2.75) is 19.9 Å². The van der Waals surface area contributed by atoms with Crippen LogP contribution in [0.1, 0.15) is 13.8 Å². The van der Waals surface area contributed by atoms with Crippen LogP contribution in [0.25, 0.3) is 10.1 Å². The quantitative estimate of drug-likeness (QED) is 0.858. The second kappa shape index (κ2) is 5.40. The van der Waals surface area contributed by atoms with E-state index >= 15 is 0 Å². The lowest BCUT2D eigenvalue weighted by atomic mass is 10.0. The molecule has 1 N–H and O–H groups in total. The number of hydrogen-bond donors (Lipinski definition) is 1. The number of ether oxygens (including phenoxy) is 1. The summed E-state index contributed by atoms with van der Waals surface area (Å²) in [6.07, 6.45) is 0. The van der Waals surface area contributed by atoms with Crippen LogP contribution in [-0.4, -0.2) is 19.1 Å². The Labute approximate surface area is 111 Å². The molecule has 1 aromatic heterocycles. The van der Waals surface area contributed by atoms with Crippen molar-refractivity contribution in [3.63, 3.8) is 0 Å². The number of benzene rings is 1. The average Bonchev–Trinajstić information content (AvgIpc) is 2.84. The molecule has 0 saturated carbocycles. The summed E-state index contributed by atoms with van der Waals surface area (Å²) in [6, 6.07) is 8.37. The molecule has 2 atom stereocenters. The molecule has 0 radical (unpaired) electrons. The Balaban J connectivity index is 2.10. The van der Waals surface area contributed by atoms with Gasteiger partial charge in [-0.25, -0.2) is 0 Å². The first-order valence-corrected chi connectivity index (χ1v) is 6.81. The molecule has 1 heterocycles. The molecular formula is C14H17NO2S. The third-order valence-corrected chi connectivity index (χ3v) is 4.07. The van der Waals surface area contributed by atoms with Crippen LogP contribution in [0.3, 0.4) is 0 Å². The fourth-order valence-corrected chi connectivity index (χ4v) is 2.61. The second-order valence-corrected chi connectivity index (χ2v) is 5.37. The maximum Gasteiger partial charge on any atom is 0.310 e. The molecule has 0 amide bonds. The summed E-state index contributed by atoms with van der Waals surface area (Å²) in [4.78, 5) is 11.5. The van der Waals surface area contributed by atoms with Crippen LogP contribution in [0, 0.1) is 5.92 Å². The molecule has 4 heteroatoms. The normalized spacial score (nSPS) is 14.2. The van der Waals surface area contributed by atoms with Crippen LogP contribution in [0.5, 0.6) is 0 Å². The van der Waals surface area contributed by atoms with Crippen molar-refractivity contribution >= 4 is 33.1 Å². The maximum atomic E-state index is 11.5. The molecule has 0 bridgehead atoms. The molecule has 0 saturated heterocycles. The second-order valence-electron chi connectivity index (χ2n) is 4.42. The van der Waals surface area contributed by atoms with E-state index in [4.69, 9.17) is 4.74 Å². The highest BCUT2D eigenvalue weighted by Gasteiger charge is 2.20. The Kier molecular flexibility index (Phi) is 3.87. The minimum Gasteiger partial charge on any atom is -0.469 e. The van der Waals surface area contributed by atoms with Gasteiger partial charge in [0.1, 0.15) is 0 Å². The fourth-order valence-electron chi connectivity index (χ4n) is 1.83. The maximum absolute atomic E-state index is 11.5. The van der Waals surface area contributed by atoms with Crippen molar-refractivity contribution in [1.82, 2.24) is 0 Å². The van der Waals surface area contributed by atoms with Crippen molar-refractivity contribution < 1.29 is 9.53 Å². The summed E-state index contributed by atoms with van der Waals surface area (Å²) in [5, 5.41) is 6.65. The van der Waals surface area contributed by atoms with Gasteiger partial charge in [0, 0.05) is 16.4 Å². The first-order valence-electron chi connectivity index (χ1n) is 5.93. The van der Waals surface area contributed by atoms with Crippen LogP contribution >= 0.6 is 11.3 Å². The molecule has 3 nitrogen and oxygen atoms in total. The predicted molar refractivity (Wildman–Crippen MR) is 76.1 cm³/mol. The molecule has 1 aromatic carbocycles. The molecule has 2 aromatic rings. The van der Waals surface area contributed by atoms with Crippen molar-refractivity contribution in [3.8, 4) is 0 Å². The Morgan fingerprint density at radius 3 is 2.83 bits per heavy atom. The van der Waals surface area contributed by atoms with Gasteiger partial charge in [-0.15, -0.1) is 11.3 Å². The van der Waals surface area contributed by atoms with E-state index in [1.54, 1.807) is 11.3 Å². The topological polar surface area (TPSA) is 38.3 Å². The summed E-state index contributed by atoms with van der Waals surface area (Å²) in [5.41, 5.74) is 1.03. The summed E-state index contributed by atoms with van der Waals surface area (Å²) < 4.78 is 6.02. The third kappa shape index (κ3) is 2.64. The Hall–Kier alpha value is -1.55. The first kappa shape index (κ1) is 12.9. The van der Waals surface area contributed by atoms with Gasteiger partial charge in [-0.05, 0) is 48.9 Å². The number of carbonyl (C=O) groups excluding carboxylic acids is 1. The summed E-state index contributed by atoms with van der Waals surface area (Å²) >= 11 is 1.73. The van der Waals surface area contributed by atoms with Gasteiger partial charge in [0.2, 0.25) is 0 Å². The highest BCUT2D eigenvalue weighted by Crippen LogP contribution is 2.25. The van der Waals surface area contributed by atoms with Gasteiger partial charge in [0.15, 0.2) is 0 Å². The van der Waals surface area contributed by atoms with Gasteiger partial charge < -0.3 is 10.1 Å². The SMILES string of the molecule is COC(=O)C(C)C(C)Nc1ccc2sccc2c1. The number of rotatable bonds is 4. The van der Waals surface area contributed by atoms with E-state index < -0.39 is 0 Å². The summed E-state index contributed by atoms with van der Waals surface area (Å²) in [5.74, 6) is -0.361. The van der Waals surface area contributed by atoms with E-state index in [9.17, 15) is 4.79 Å². The molecule has 96 valence electrons. The molecule has 0 aliphatic heterocycles. The molecule has 2 rings (SSSR count). The van der Waals surface area contributed by atoms with Crippen LogP contribution in [0.2, 0.25) is 0 Å². The highest BCUT2D eigenvalue weighted by molar-refractivity contribution is 7.17. The number of fused-ring (bicyclic) bond motifs is 1. The molecule has 18 heavy (non-hydrogen) atoms. The van der Waals surface area contributed by atoms with E-state index in [0.29, 0.717) is 0 Å². The van der Waals surface area contributed by atoms with E-state index in [0.717, 1.165) is 5.69 Å². The van der Waals surface area contributed by atoms with Crippen LogP contribution in [0.4, 0.5) is 5.69 Å². The molecule has 0 aliphatic rings. The zero-order valence-electron chi connectivity index (χ0n) is 10.8. The molecular weight excluding hydrogens is 246 g/mol. The van der Waals surface area contributed by atoms with Crippen molar-refractivity contribution in [2.75, 3.05) is 12.4 Å². The molecule has 0 fully saturated rings. The zero-order valence-corrected chi connectivity index (χ0v) is 11.6. The average molecular weight is 263 g/mol. The number of hydrogen-bond acceptors (Lipinski definition) is 4. The number of anilines is 1. The predicted octanol–water partition coefficient (Wildman–Crippen LogP) is 3.51. The fraction of sp³-hybridized carbons (Fsp3) is 0.357. The van der Waals surface area contributed by atoms with E-state index in [1.165, 1.54) is 17.2 Å². The number of thiophene rings is 1. The highest BCUT2D eigenvalue weighted by atomic mass is 32.1. The van der Waals surface area contributed by atoms with Crippen molar-refractivity contribution in [2.24, 2.45) is 5.92 Å². The van der Waals surface area contributed by atoms with Gasteiger partial charge in [-0.3, -0.25) is 4.79 Å². The van der Waals surface area contributed by atoms with Gasteiger partial charge in [-0.2, -0.15) is 0 Å². The molecule has 2 unspecified atom stereocenters. The minimum atomic E-state index is -0.188. The smallest absolute Gasteiger partial charge is 0.310 e. The first-order chi connectivity index (χ1) is 8.61. The number of carbonyl (C=O) groups is 1. The van der Waals surface area contributed by atoms with Crippen LogP contribution in [0.15, 0.2) is 29.6 Å². The Morgan fingerprint density at radius 1 is 1.33 bits per heavy atom. The van der Waals surface area contributed by atoms with Gasteiger partial charge >= 0.3 is 5.97 Å². The third-order valence-electron chi connectivity index (χ3n) is 3.17. The molecule has 0 spiro atoms. The van der Waals surface area contributed by atoms with Gasteiger partial charge in [-0.1, -0.05) is 0 Å². The lowest BCUT2D eigenvalue weighted by molar-refractivity contribution is -0.145. The lowest BCUT2D eigenvalue weighted by Crippen LogP contribution is -2.30. The number of esters is 1. The van der Waals surface area contributed by atoms with E-state index in [2.05, 4.69) is 28.9 Å². The summed E-state index contributed by atoms with van der Waals surface area (Å²) in [7, 11) is 1.42. The van der Waals surface area contributed by atoms with Crippen molar-refractivity contribution in [1.29, 1.82) is 0 Å². The Morgan fingerprint density at radius 2 is 2.11 bits per heavy atom. The number of methoxy groups -OCH3 is 1. The van der Waals surface area contributed by atoms with Crippen LogP contribution < -0.4 is 5.32 Å². The van der Waals surface area contributed by atoms with Crippen molar-refractivity contribution in [3.05, 3.63) is 29.6 Å². The standard InChI is InChI=1S/C14H17NO2S/c1-9(14(16)17-3)10(2)15-12-4-5-13-11(8-12)6-7-18-13/h4-10,15H,1-3H3. The number of nitrogens with one attached hydrogen (secondary N) is 1. The van der Waals surface area contributed by atoms with Gasteiger partial charge in [0.05, 0.1) is 13.0 Å². The zero-order chi connectivity index (χ0) is 13.1. The lowest BCUT2D eigenvalue weighted by Gasteiger charge is -2.20. The van der Waals surface area contributed by atoms with E-state index in [1.807, 2.05) is 19.9 Å². The molecule has 0 aliphatic carbocycles. The van der Waals surface area contributed by atoms with Gasteiger partial charge in [0.25, 0.3) is 0 Å². The Bertz CT molecular complexity index is 549. The van der Waals surface area contributed by atoms with Crippen LogP contribution in [-0.2, 0) is 9.53 Å². The largest absolute Gasteiger partial charge is 0.469 e.